The maximum Gasteiger partial charge on any atom is 0.280 e. The van der Waals surface area contributed by atoms with Gasteiger partial charge in [0.25, 0.3) is 5.69 Å². The predicted octanol–water partition coefficient (Wildman–Crippen LogP) is 3.31. The van der Waals surface area contributed by atoms with E-state index >= 15 is 0 Å². The van der Waals surface area contributed by atoms with Gasteiger partial charge in [-0.25, -0.2) is 4.39 Å². The van der Waals surface area contributed by atoms with Gasteiger partial charge in [0, 0.05) is 24.5 Å². The van der Waals surface area contributed by atoms with Gasteiger partial charge < -0.3 is 4.90 Å². The number of nitrogens with zero attached hydrogens (tertiary/aromatic N) is 2. The van der Waals surface area contributed by atoms with Crippen LogP contribution in [0.1, 0.15) is 10.4 Å². The molecular weight excluding hydrogens is 263 g/mol. The van der Waals surface area contributed by atoms with Crippen molar-refractivity contribution in [3.05, 3.63) is 64.0 Å². The zero-order valence-corrected chi connectivity index (χ0v) is 10.6. The number of hydrogen-bond donors (Lipinski definition) is 0. The molecule has 0 aliphatic heterocycles. The van der Waals surface area contributed by atoms with Gasteiger partial charge in [0.15, 0.2) is 6.29 Å². The second kappa shape index (κ2) is 5.48. The van der Waals surface area contributed by atoms with Crippen molar-refractivity contribution in [3.63, 3.8) is 0 Å². The van der Waals surface area contributed by atoms with Crippen molar-refractivity contribution >= 4 is 23.3 Å². The second-order valence-corrected chi connectivity index (χ2v) is 4.16. The summed E-state index contributed by atoms with van der Waals surface area (Å²) in [5.41, 5.74) is 0.867. The lowest BCUT2D eigenvalue weighted by Crippen LogP contribution is -2.10. The molecule has 0 unspecified atom stereocenters. The molecule has 0 spiro atoms. The summed E-state index contributed by atoms with van der Waals surface area (Å²) in [6.07, 6.45) is 0.432. The number of nitro groups is 1. The Hall–Kier alpha value is -2.76. The Kier molecular flexibility index (Phi) is 3.74. The molecule has 2 aromatic carbocycles. The molecule has 0 N–H and O–H groups in total. The standard InChI is InChI=1S/C14H11FN2O3/c1-16(12-4-2-3-11(15)8-12)13-5-6-14(17(19)20)10(7-13)9-18/h2-9H,1H3. The highest BCUT2D eigenvalue weighted by atomic mass is 19.1. The van der Waals surface area contributed by atoms with E-state index in [1.807, 2.05) is 0 Å². The van der Waals surface area contributed by atoms with Crippen LogP contribution in [0.4, 0.5) is 21.5 Å². The van der Waals surface area contributed by atoms with Gasteiger partial charge in [-0.2, -0.15) is 0 Å². The summed E-state index contributed by atoms with van der Waals surface area (Å²) < 4.78 is 13.2. The zero-order valence-electron chi connectivity index (χ0n) is 10.6. The van der Waals surface area contributed by atoms with Gasteiger partial charge >= 0.3 is 0 Å². The van der Waals surface area contributed by atoms with Crippen LogP contribution < -0.4 is 4.90 Å². The van der Waals surface area contributed by atoms with Crippen molar-refractivity contribution in [2.45, 2.75) is 0 Å². The molecule has 0 radical (unpaired) electrons. The highest BCUT2D eigenvalue weighted by Gasteiger charge is 2.15. The van der Waals surface area contributed by atoms with Crippen LogP contribution >= 0.6 is 0 Å². The Balaban J connectivity index is 2.43. The van der Waals surface area contributed by atoms with Gasteiger partial charge in [-0.1, -0.05) is 6.07 Å². The SMILES string of the molecule is CN(c1cccc(F)c1)c1ccc([N+](=O)[O-])c(C=O)c1. The molecule has 0 saturated heterocycles. The lowest BCUT2D eigenvalue weighted by Gasteiger charge is -2.19. The van der Waals surface area contributed by atoms with Gasteiger partial charge in [-0.15, -0.1) is 0 Å². The van der Waals surface area contributed by atoms with Gasteiger partial charge in [0.1, 0.15) is 5.82 Å². The number of carbonyl (C=O) groups excluding carboxylic acids is 1. The first-order chi connectivity index (χ1) is 9.52. The smallest absolute Gasteiger partial charge is 0.280 e. The van der Waals surface area contributed by atoms with Gasteiger partial charge in [-0.3, -0.25) is 14.9 Å². The van der Waals surface area contributed by atoms with Crippen molar-refractivity contribution in [3.8, 4) is 0 Å². The third-order valence-corrected chi connectivity index (χ3v) is 2.92. The van der Waals surface area contributed by atoms with Crippen LogP contribution in [0, 0.1) is 15.9 Å². The fourth-order valence-electron chi connectivity index (χ4n) is 1.85. The first-order valence-corrected chi connectivity index (χ1v) is 5.76. The molecule has 0 aromatic heterocycles. The van der Waals surface area contributed by atoms with E-state index in [9.17, 15) is 19.3 Å². The number of anilines is 2. The van der Waals surface area contributed by atoms with Crippen LogP contribution in [0.3, 0.4) is 0 Å². The van der Waals surface area contributed by atoms with E-state index in [2.05, 4.69) is 0 Å². The quantitative estimate of drug-likeness (QED) is 0.487. The number of hydrogen-bond acceptors (Lipinski definition) is 4. The fourth-order valence-corrected chi connectivity index (χ4v) is 1.85. The van der Waals surface area contributed by atoms with E-state index in [4.69, 9.17) is 0 Å². The lowest BCUT2D eigenvalue weighted by molar-refractivity contribution is -0.385. The molecule has 0 saturated carbocycles. The van der Waals surface area contributed by atoms with Crippen LogP contribution in [-0.2, 0) is 0 Å². The minimum Gasteiger partial charge on any atom is -0.345 e. The molecule has 102 valence electrons. The average molecular weight is 274 g/mol. The highest BCUT2D eigenvalue weighted by Crippen LogP contribution is 2.28. The summed E-state index contributed by atoms with van der Waals surface area (Å²) in [6, 6.07) is 10.1. The Labute approximate surface area is 114 Å². The summed E-state index contributed by atoms with van der Waals surface area (Å²) in [6.45, 7) is 0. The molecular formula is C14H11FN2O3. The molecule has 2 aromatic rings. The number of aldehydes is 1. The zero-order chi connectivity index (χ0) is 14.7. The van der Waals surface area contributed by atoms with Gasteiger partial charge in [-0.05, 0) is 30.3 Å². The molecule has 0 bridgehead atoms. The number of rotatable bonds is 4. The van der Waals surface area contributed by atoms with Gasteiger partial charge in [0.05, 0.1) is 10.5 Å². The third kappa shape index (κ3) is 2.64. The summed E-state index contributed by atoms with van der Waals surface area (Å²) in [5, 5.41) is 10.8. The van der Waals surface area contributed by atoms with Crippen LogP contribution in [0.25, 0.3) is 0 Å². The molecule has 20 heavy (non-hydrogen) atoms. The Morgan fingerprint density at radius 3 is 2.50 bits per heavy atom. The van der Waals surface area contributed by atoms with Crippen LogP contribution in [0.2, 0.25) is 0 Å². The lowest BCUT2D eigenvalue weighted by atomic mass is 10.1. The molecule has 0 atom stereocenters. The van der Waals surface area contributed by atoms with E-state index in [0.29, 0.717) is 17.7 Å². The van der Waals surface area contributed by atoms with E-state index in [0.717, 1.165) is 0 Å². The van der Waals surface area contributed by atoms with E-state index < -0.39 is 4.92 Å². The third-order valence-electron chi connectivity index (χ3n) is 2.92. The maximum absolute atomic E-state index is 13.2. The van der Waals surface area contributed by atoms with E-state index in [1.54, 1.807) is 24.1 Å². The molecule has 5 nitrogen and oxygen atoms in total. The molecule has 2 rings (SSSR count). The number of halogens is 1. The summed E-state index contributed by atoms with van der Waals surface area (Å²) in [7, 11) is 1.69. The van der Waals surface area contributed by atoms with Crippen LogP contribution in [0.5, 0.6) is 0 Å². The predicted molar refractivity (Wildman–Crippen MR) is 72.9 cm³/mol. The highest BCUT2D eigenvalue weighted by molar-refractivity contribution is 5.84. The van der Waals surface area contributed by atoms with Gasteiger partial charge in [0.2, 0.25) is 0 Å². The van der Waals surface area contributed by atoms with Crippen molar-refractivity contribution in [1.29, 1.82) is 0 Å². The second-order valence-electron chi connectivity index (χ2n) is 4.16. The van der Waals surface area contributed by atoms with Crippen molar-refractivity contribution in [2.75, 3.05) is 11.9 Å². The Morgan fingerprint density at radius 2 is 1.90 bits per heavy atom. The first kappa shape index (κ1) is 13.7. The van der Waals surface area contributed by atoms with Crippen LogP contribution in [0.15, 0.2) is 42.5 Å². The fraction of sp³-hybridized carbons (Fsp3) is 0.0714. The summed E-state index contributed by atoms with van der Waals surface area (Å²) in [5.74, 6) is -0.383. The molecule has 0 aliphatic carbocycles. The van der Waals surface area contributed by atoms with Crippen molar-refractivity contribution in [1.82, 2.24) is 0 Å². The van der Waals surface area contributed by atoms with Crippen molar-refractivity contribution in [2.24, 2.45) is 0 Å². The normalized spacial score (nSPS) is 10.1. The maximum atomic E-state index is 13.2. The molecule has 0 heterocycles. The molecule has 0 aliphatic rings. The average Bonchev–Trinajstić information content (AvgIpc) is 2.45. The minimum absolute atomic E-state index is 0.0178. The minimum atomic E-state index is -0.615. The first-order valence-electron chi connectivity index (χ1n) is 5.76. The topological polar surface area (TPSA) is 63.4 Å². The summed E-state index contributed by atoms with van der Waals surface area (Å²) in [4.78, 5) is 22.7. The molecule has 6 heteroatoms. The summed E-state index contributed by atoms with van der Waals surface area (Å²) >= 11 is 0. The molecule has 0 amide bonds. The number of nitro benzene ring substituents is 1. The Bertz CT molecular complexity index is 673. The number of benzene rings is 2. The van der Waals surface area contributed by atoms with E-state index in [1.165, 1.54) is 30.3 Å². The monoisotopic (exact) mass is 274 g/mol. The Morgan fingerprint density at radius 1 is 1.20 bits per heavy atom. The van der Waals surface area contributed by atoms with Crippen molar-refractivity contribution < 1.29 is 14.1 Å². The van der Waals surface area contributed by atoms with Crippen LogP contribution in [-0.4, -0.2) is 18.3 Å². The number of carbonyl (C=O) groups is 1. The largest absolute Gasteiger partial charge is 0.345 e. The van der Waals surface area contributed by atoms with E-state index in [-0.39, 0.29) is 17.1 Å². The molecule has 0 fully saturated rings.